The molecule has 3 heterocycles. The summed E-state index contributed by atoms with van der Waals surface area (Å²) in [6.45, 7) is 0.730. The number of hydrogen-bond acceptors (Lipinski definition) is 3. The van der Waals surface area contributed by atoms with Crippen LogP contribution in [0.2, 0.25) is 0 Å². The number of amides is 1. The van der Waals surface area contributed by atoms with Gasteiger partial charge in [-0.25, -0.2) is 0 Å². The summed E-state index contributed by atoms with van der Waals surface area (Å²) in [6, 6.07) is 11.2. The van der Waals surface area contributed by atoms with Gasteiger partial charge in [-0.3, -0.25) is 9.59 Å². The fourth-order valence-electron chi connectivity index (χ4n) is 2.81. The number of aromatic amines is 1. The zero-order valence-corrected chi connectivity index (χ0v) is 12.8. The Bertz CT molecular complexity index is 1090. The molecule has 1 amide bonds. The molecule has 6 heteroatoms. The maximum atomic E-state index is 12.3. The van der Waals surface area contributed by atoms with Crippen LogP contribution < -0.4 is 10.9 Å². The molecule has 0 radical (unpaired) electrons. The van der Waals surface area contributed by atoms with E-state index >= 15 is 0 Å². The molecule has 0 bridgehead atoms. The van der Waals surface area contributed by atoms with E-state index in [-0.39, 0.29) is 11.5 Å². The standard InChI is InChI=1S/C18H15N3O3/c22-17(14-11-20-15-4-2-1-3-13(14)15)19-7-9-21-8-5-12-6-10-24-16(12)18(21)23/h1-6,8,10-11,20H,7,9H2,(H,19,22). The zero-order chi connectivity index (χ0) is 16.5. The summed E-state index contributed by atoms with van der Waals surface area (Å²) in [5.41, 5.74) is 1.65. The van der Waals surface area contributed by atoms with Crippen LogP contribution in [0.3, 0.4) is 0 Å². The third-order valence-corrected chi connectivity index (χ3v) is 4.06. The first-order valence-corrected chi connectivity index (χ1v) is 7.65. The maximum Gasteiger partial charge on any atom is 0.294 e. The Kier molecular flexibility index (Phi) is 3.42. The molecule has 2 N–H and O–H groups in total. The van der Waals surface area contributed by atoms with Gasteiger partial charge in [-0.05, 0) is 18.2 Å². The molecule has 1 aromatic carbocycles. The summed E-state index contributed by atoms with van der Waals surface area (Å²) in [5.74, 6) is -0.167. The van der Waals surface area contributed by atoms with Crippen LogP contribution in [0.4, 0.5) is 0 Å². The Labute approximate surface area is 136 Å². The number of para-hydroxylation sites is 1. The lowest BCUT2D eigenvalue weighted by atomic mass is 10.1. The van der Waals surface area contributed by atoms with E-state index in [0.29, 0.717) is 24.2 Å². The lowest BCUT2D eigenvalue weighted by Crippen LogP contribution is -2.30. The van der Waals surface area contributed by atoms with Crippen LogP contribution in [-0.4, -0.2) is 22.0 Å². The molecule has 0 saturated carbocycles. The molecule has 0 atom stereocenters. The molecule has 0 unspecified atom stereocenters. The van der Waals surface area contributed by atoms with E-state index in [4.69, 9.17) is 4.42 Å². The van der Waals surface area contributed by atoms with E-state index in [1.165, 1.54) is 10.8 Å². The van der Waals surface area contributed by atoms with Crippen LogP contribution in [0.1, 0.15) is 10.4 Å². The van der Waals surface area contributed by atoms with Crippen molar-refractivity contribution < 1.29 is 9.21 Å². The van der Waals surface area contributed by atoms with E-state index in [0.717, 1.165) is 16.3 Å². The van der Waals surface area contributed by atoms with Crippen molar-refractivity contribution in [3.05, 3.63) is 71.0 Å². The van der Waals surface area contributed by atoms with Gasteiger partial charge in [0.1, 0.15) is 0 Å². The number of benzene rings is 1. The number of furan rings is 1. The first-order valence-electron chi connectivity index (χ1n) is 7.65. The van der Waals surface area contributed by atoms with Crippen molar-refractivity contribution in [1.29, 1.82) is 0 Å². The minimum Gasteiger partial charge on any atom is -0.459 e. The average Bonchev–Trinajstić information content (AvgIpc) is 3.23. The predicted octanol–water partition coefficient (Wildman–Crippen LogP) is 2.51. The number of hydrogen-bond donors (Lipinski definition) is 2. The summed E-state index contributed by atoms with van der Waals surface area (Å²) in [4.78, 5) is 27.6. The number of rotatable bonds is 4. The SMILES string of the molecule is O=C(NCCn1ccc2ccoc2c1=O)c1c[nH]c2ccccc12. The van der Waals surface area contributed by atoms with E-state index in [2.05, 4.69) is 10.3 Å². The highest BCUT2D eigenvalue weighted by molar-refractivity contribution is 6.06. The Balaban J connectivity index is 1.47. The smallest absolute Gasteiger partial charge is 0.294 e. The largest absolute Gasteiger partial charge is 0.459 e. The molecule has 0 aliphatic rings. The van der Waals surface area contributed by atoms with Gasteiger partial charge in [-0.1, -0.05) is 18.2 Å². The monoisotopic (exact) mass is 321 g/mol. The molecule has 24 heavy (non-hydrogen) atoms. The second-order valence-electron chi connectivity index (χ2n) is 5.52. The van der Waals surface area contributed by atoms with E-state index in [9.17, 15) is 9.59 Å². The van der Waals surface area contributed by atoms with E-state index in [1.54, 1.807) is 18.5 Å². The highest BCUT2D eigenvalue weighted by atomic mass is 16.3. The van der Waals surface area contributed by atoms with Gasteiger partial charge >= 0.3 is 0 Å². The number of carbonyl (C=O) groups is 1. The average molecular weight is 321 g/mol. The van der Waals surface area contributed by atoms with Gasteiger partial charge in [0.2, 0.25) is 0 Å². The molecular formula is C18H15N3O3. The maximum absolute atomic E-state index is 12.3. The lowest BCUT2D eigenvalue weighted by Gasteiger charge is -2.07. The minimum absolute atomic E-state index is 0.167. The van der Waals surface area contributed by atoms with Gasteiger partial charge in [0.15, 0.2) is 5.58 Å². The van der Waals surface area contributed by atoms with Crippen molar-refractivity contribution in [2.75, 3.05) is 6.54 Å². The van der Waals surface area contributed by atoms with E-state index < -0.39 is 0 Å². The van der Waals surface area contributed by atoms with Crippen LogP contribution >= 0.6 is 0 Å². The third-order valence-electron chi connectivity index (χ3n) is 4.06. The molecule has 0 spiro atoms. The van der Waals surface area contributed by atoms with Crippen molar-refractivity contribution in [2.45, 2.75) is 6.54 Å². The number of nitrogens with zero attached hydrogens (tertiary/aromatic N) is 1. The lowest BCUT2D eigenvalue weighted by molar-refractivity contribution is 0.0954. The second-order valence-corrected chi connectivity index (χ2v) is 5.52. The van der Waals surface area contributed by atoms with Gasteiger partial charge in [-0.2, -0.15) is 0 Å². The van der Waals surface area contributed by atoms with Gasteiger partial charge in [0, 0.05) is 41.8 Å². The Morgan fingerprint density at radius 2 is 2.08 bits per heavy atom. The van der Waals surface area contributed by atoms with Crippen molar-refractivity contribution in [3.63, 3.8) is 0 Å². The van der Waals surface area contributed by atoms with Crippen molar-refractivity contribution >= 4 is 27.8 Å². The molecule has 0 saturated heterocycles. The quantitative estimate of drug-likeness (QED) is 0.606. The molecule has 0 aliphatic heterocycles. The van der Waals surface area contributed by atoms with Gasteiger partial charge < -0.3 is 19.3 Å². The molecule has 0 aliphatic carbocycles. The predicted molar refractivity (Wildman–Crippen MR) is 91.1 cm³/mol. The number of pyridine rings is 1. The van der Waals surface area contributed by atoms with Crippen LogP contribution in [0, 0.1) is 0 Å². The Morgan fingerprint density at radius 3 is 3.00 bits per heavy atom. The third kappa shape index (κ3) is 2.38. The summed E-state index contributed by atoms with van der Waals surface area (Å²) >= 11 is 0. The van der Waals surface area contributed by atoms with Crippen LogP contribution in [0.5, 0.6) is 0 Å². The highest BCUT2D eigenvalue weighted by Crippen LogP contribution is 2.17. The number of aromatic nitrogens is 2. The number of nitrogens with one attached hydrogen (secondary N) is 2. The molecule has 4 aromatic rings. The number of H-pyrrole nitrogens is 1. The molecule has 3 aromatic heterocycles. The highest BCUT2D eigenvalue weighted by Gasteiger charge is 2.11. The summed E-state index contributed by atoms with van der Waals surface area (Å²) in [7, 11) is 0. The Hall–Kier alpha value is -3.28. The topological polar surface area (TPSA) is 80.0 Å². The molecule has 6 nitrogen and oxygen atoms in total. The van der Waals surface area contributed by atoms with Crippen molar-refractivity contribution in [2.24, 2.45) is 0 Å². The van der Waals surface area contributed by atoms with Crippen molar-refractivity contribution in [3.8, 4) is 0 Å². The fraction of sp³-hybridized carbons (Fsp3) is 0.111. The van der Waals surface area contributed by atoms with Gasteiger partial charge in [-0.15, -0.1) is 0 Å². The van der Waals surface area contributed by atoms with Crippen LogP contribution in [0.15, 0.2) is 64.3 Å². The summed E-state index contributed by atoms with van der Waals surface area (Å²) in [5, 5.41) is 4.50. The van der Waals surface area contributed by atoms with Crippen LogP contribution in [-0.2, 0) is 6.54 Å². The summed E-state index contributed by atoms with van der Waals surface area (Å²) in [6.07, 6.45) is 4.90. The van der Waals surface area contributed by atoms with Crippen LogP contribution in [0.25, 0.3) is 21.9 Å². The molecule has 0 fully saturated rings. The molecule has 120 valence electrons. The first-order chi connectivity index (χ1) is 11.7. The molecular weight excluding hydrogens is 306 g/mol. The van der Waals surface area contributed by atoms with Crippen molar-refractivity contribution in [1.82, 2.24) is 14.9 Å². The minimum atomic E-state index is -0.196. The Morgan fingerprint density at radius 1 is 1.21 bits per heavy atom. The second kappa shape index (κ2) is 5.73. The van der Waals surface area contributed by atoms with Gasteiger partial charge in [0.05, 0.1) is 11.8 Å². The zero-order valence-electron chi connectivity index (χ0n) is 12.8. The number of carbonyl (C=O) groups excluding carboxylic acids is 1. The van der Waals surface area contributed by atoms with Gasteiger partial charge in [0.25, 0.3) is 11.5 Å². The number of fused-ring (bicyclic) bond motifs is 2. The fourth-order valence-corrected chi connectivity index (χ4v) is 2.81. The normalized spacial score (nSPS) is 11.2. The summed E-state index contributed by atoms with van der Waals surface area (Å²) < 4.78 is 6.73. The molecule has 4 rings (SSSR count). The first kappa shape index (κ1) is 14.3. The van der Waals surface area contributed by atoms with E-state index in [1.807, 2.05) is 30.3 Å².